The smallest absolute Gasteiger partial charge is 0.138 e. The van der Waals surface area contributed by atoms with E-state index >= 15 is 0 Å². The zero-order chi connectivity index (χ0) is 13.7. The molecule has 3 heteroatoms. The van der Waals surface area contributed by atoms with Gasteiger partial charge in [-0.25, -0.2) is 0 Å². The first-order valence-corrected chi connectivity index (χ1v) is 6.75. The van der Waals surface area contributed by atoms with Crippen LogP contribution in [0.1, 0.15) is 25.5 Å². The Hall–Kier alpha value is -1.74. The molecule has 0 radical (unpaired) electrons. The summed E-state index contributed by atoms with van der Waals surface area (Å²) in [6.45, 7) is 2.71. The van der Waals surface area contributed by atoms with E-state index in [1.165, 1.54) is 0 Å². The molecule has 100 valence electrons. The van der Waals surface area contributed by atoms with Crippen molar-refractivity contribution in [2.75, 3.05) is 6.54 Å². The second-order valence-electron chi connectivity index (χ2n) is 5.09. The average Bonchev–Trinajstić information content (AvgIpc) is 2.44. The van der Waals surface area contributed by atoms with E-state index in [1.54, 1.807) is 0 Å². The molecule has 19 heavy (non-hydrogen) atoms. The highest BCUT2D eigenvalue weighted by Crippen LogP contribution is 2.13. The van der Waals surface area contributed by atoms with E-state index in [0.717, 1.165) is 23.0 Å². The number of Topliss-reactive ketones (excluding diaryl/α,β-unsaturated/α-hetero) is 1. The maximum Gasteiger partial charge on any atom is 0.138 e. The number of ketones is 1. The van der Waals surface area contributed by atoms with Crippen LogP contribution in [0.3, 0.4) is 0 Å². The Bertz CT molecular complexity index is 565. The Morgan fingerprint density at radius 3 is 2.84 bits per heavy atom. The summed E-state index contributed by atoms with van der Waals surface area (Å²) < 4.78 is 0. The highest BCUT2D eigenvalue weighted by atomic mass is 16.1. The molecule has 0 saturated heterocycles. The molecule has 0 aliphatic carbocycles. The molecule has 0 aliphatic heterocycles. The molecule has 1 heterocycles. The number of pyridine rings is 1. The molecule has 0 amide bonds. The minimum atomic E-state index is 0.239. The minimum absolute atomic E-state index is 0.239. The third-order valence-corrected chi connectivity index (χ3v) is 3.35. The van der Waals surface area contributed by atoms with Crippen LogP contribution in [0.25, 0.3) is 10.9 Å². The summed E-state index contributed by atoms with van der Waals surface area (Å²) in [5.41, 5.74) is 7.35. The molecule has 1 unspecified atom stereocenters. The molecule has 1 aromatic heterocycles. The van der Waals surface area contributed by atoms with Crippen LogP contribution in [0.4, 0.5) is 0 Å². The van der Waals surface area contributed by atoms with Gasteiger partial charge in [0.05, 0.1) is 5.52 Å². The first-order chi connectivity index (χ1) is 9.19. The Labute approximate surface area is 113 Å². The van der Waals surface area contributed by atoms with Gasteiger partial charge >= 0.3 is 0 Å². The van der Waals surface area contributed by atoms with Gasteiger partial charge in [-0.15, -0.1) is 0 Å². The van der Waals surface area contributed by atoms with Gasteiger partial charge in [0.25, 0.3) is 0 Å². The van der Waals surface area contributed by atoms with Crippen molar-refractivity contribution < 1.29 is 4.79 Å². The molecular formula is C16H20N2O. The lowest BCUT2D eigenvalue weighted by molar-refractivity contribution is -0.118. The van der Waals surface area contributed by atoms with E-state index in [-0.39, 0.29) is 5.78 Å². The van der Waals surface area contributed by atoms with Gasteiger partial charge < -0.3 is 5.73 Å². The number of nitrogens with zero attached hydrogens (tertiary/aromatic N) is 1. The van der Waals surface area contributed by atoms with Gasteiger partial charge in [-0.05, 0) is 31.0 Å². The van der Waals surface area contributed by atoms with Gasteiger partial charge in [-0.2, -0.15) is 0 Å². The summed E-state index contributed by atoms with van der Waals surface area (Å²) in [5, 5.41) is 1.11. The Morgan fingerprint density at radius 1 is 1.26 bits per heavy atom. The Morgan fingerprint density at radius 2 is 2.05 bits per heavy atom. The van der Waals surface area contributed by atoms with Gasteiger partial charge in [-0.3, -0.25) is 9.78 Å². The normalized spacial score (nSPS) is 12.5. The molecule has 2 aromatic rings. The van der Waals surface area contributed by atoms with E-state index in [2.05, 4.69) is 11.9 Å². The van der Waals surface area contributed by atoms with E-state index in [9.17, 15) is 4.79 Å². The van der Waals surface area contributed by atoms with Gasteiger partial charge in [0.2, 0.25) is 0 Å². The fourth-order valence-corrected chi connectivity index (χ4v) is 2.02. The van der Waals surface area contributed by atoms with Crippen molar-refractivity contribution in [3.8, 4) is 0 Å². The van der Waals surface area contributed by atoms with Gasteiger partial charge in [-0.1, -0.05) is 31.2 Å². The number of rotatable bonds is 6. The van der Waals surface area contributed by atoms with E-state index in [4.69, 9.17) is 5.73 Å². The minimum Gasteiger partial charge on any atom is -0.330 e. The lowest BCUT2D eigenvalue weighted by Crippen LogP contribution is -2.13. The largest absolute Gasteiger partial charge is 0.330 e. The highest BCUT2D eigenvalue weighted by molar-refractivity contribution is 5.82. The first kappa shape index (κ1) is 13.7. The number of nitrogens with two attached hydrogens (primary N) is 1. The van der Waals surface area contributed by atoms with Crippen LogP contribution in [0.15, 0.2) is 36.4 Å². The van der Waals surface area contributed by atoms with Crippen molar-refractivity contribution in [2.45, 2.75) is 26.2 Å². The van der Waals surface area contributed by atoms with Crippen molar-refractivity contribution >= 4 is 16.7 Å². The van der Waals surface area contributed by atoms with E-state index in [0.29, 0.717) is 25.3 Å². The highest BCUT2D eigenvalue weighted by Gasteiger charge is 2.08. The number of para-hydroxylation sites is 1. The number of benzene rings is 1. The van der Waals surface area contributed by atoms with Crippen molar-refractivity contribution in [1.29, 1.82) is 0 Å². The van der Waals surface area contributed by atoms with Crippen LogP contribution in [0.2, 0.25) is 0 Å². The molecule has 1 atom stereocenters. The standard InChI is InChI=1S/C16H20N2O/c1-12(11-17)6-9-15(19)10-14-8-7-13-4-2-3-5-16(13)18-14/h2-5,7-8,12H,6,9-11,17H2,1H3. The number of aromatic nitrogens is 1. The van der Waals surface area contributed by atoms with Crippen LogP contribution in [-0.4, -0.2) is 17.3 Å². The summed E-state index contributed by atoms with van der Waals surface area (Å²) in [6, 6.07) is 11.9. The first-order valence-electron chi connectivity index (χ1n) is 6.75. The quantitative estimate of drug-likeness (QED) is 0.864. The second kappa shape index (κ2) is 6.43. The van der Waals surface area contributed by atoms with Crippen LogP contribution < -0.4 is 5.73 Å². The molecule has 2 rings (SSSR count). The lowest BCUT2D eigenvalue weighted by atomic mass is 10.0. The zero-order valence-corrected chi connectivity index (χ0v) is 11.3. The van der Waals surface area contributed by atoms with Gasteiger partial charge in [0, 0.05) is 23.9 Å². The van der Waals surface area contributed by atoms with E-state index < -0.39 is 0 Å². The molecule has 2 N–H and O–H groups in total. The van der Waals surface area contributed by atoms with Crippen LogP contribution in [0, 0.1) is 5.92 Å². The number of carbonyl (C=O) groups excluding carboxylic acids is 1. The molecule has 0 fully saturated rings. The molecule has 0 saturated carbocycles. The topological polar surface area (TPSA) is 56.0 Å². The monoisotopic (exact) mass is 256 g/mol. The summed E-state index contributed by atoms with van der Waals surface area (Å²) in [4.78, 5) is 16.4. The van der Waals surface area contributed by atoms with Crippen LogP contribution >= 0.6 is 0 Å². The third kappa shape index (κ3) is 3.86. The molecule has 0 spiro atoms. The van der Waals surface area contributed by atoms with E-state index in [1.807, 2.05) is 36.4 Å². The molecular weight excluding hydrogens is 236 g/mol. The maximum atomic E-state index is 11.9. The number of carbonyl (C=O) groups is 1. The summed E-state index contributed by atoms with van der Waals surface area (Å²) in [6.07, 6.45) is 1.87. The Balaban J connectivity index is 1.99. The van der Waals surface area contributed by atoms with Gasteiger partial charge in [0.1, 0.15) is 5.78 Å². The predicted octanol–water partition coefficient (Wildman–Crippen LogP) is 2.72. The molecule has 0 bridgehead atoms. The fraction of sp³-hybridized carbons (Fsp3) is 0.375. The number of hydrogen-bond acceptors (Lipinski definition) is 3. The van der Waals surface area contributed by atoms with Crippen LogP contribution in [0.5, 0.6) is 0 Å². The third-order valence-electron chi connectivity index (χ3n) is 3.35. The zero-order valence-electron chi connectivity index (χ0n) is 11.3. The summed E-state index contributed by atoms with van der Waals surface area (Å²) in [7, 11) is 0. The Kier molecular flexibility index (Phi) is 4.63. The maximum absolute atomic E-state index is 11.9. The van der Waals surface area contributed by atoms with Crippen LogP contribution in [-0.2, 0) is 11.2 Å². The summed E-state index contributed by atoms with van der Waals surface area (Å²) in [5.74, 6) is 0.650. The fourth-order valence-electron chi connectivity index (χ4n) is 2.02. The van der Waals surface area contributed by atoms with Crippen molar-refractivity contribution in [2.24, 2.45) is 11.7 Å². The average molecular weight is 256 g/mol. The van der Waals surface area contributed by atoms with Crippen molar-refractivity contribution in [3.63, 3.8) is 0 Å². The number of fused-ring (bicyclic) bond motifs is 1. The lowest BCUT2D eigenvalue weighted by Gasteiger charge is -2.07. The van der Waals surface area contributed by atoms with Crippen molar-refractivity contribution in [1.82, 2.24) is 4.98 Å². The predicted molar refractivity (Wildman–Crippen MR) is 77.9 cm³/mol. The van der Waals surface area contributed by atoms with Gasteiger partial charge in [0.15, 0.2) is 0 Å². The number of hydrogen-bond donors (Lipinski definition) is 1. The molecule has 3 nitrogen and oxygen atoms in total. The second-order valence-corrected chi connectivity index (χ2v) is 5.09. The molecule has 1 aromatic carbocycles. The van der Waals surface area contributed by atoms with Crippen molar-refractivity contribution in [3.05, 3.63) is 42.1 Å². The molecule has 0 aliphatic rings. The summed E-state index contributed by atoms with van der Waals surface area (Å²) >= 11 is 0. The SMILES string of the molecule is CC(CN)CCC(=O)Cc1ccc2ccccc2n1.